The van der Waals surface area contributed by atoms with Crippen LogP contribution in [0.4, 0.5) is 0 Å². The lowest BCUT2D eigenvalue weighted by Crippen LogP contribution is -2.31. The maximum atomic E-state index is 5.58. The fourth-order valence-electron chi connectivity index (χ4n) is 1.04. The quantitative estimate of drug-likeness (QED) is 0.558. The molecule has 0 aliphatic carbocycles. The molecule has 15 heavy (non-hydrogen) atoms. The first kappa shape index (κ1) is 11.3. The maximum absolute atomic E-state index is 5.58. The monoisotopic (exact) mass is 208 g/mol. The van der Waals surface area contributed by atoms with Crippen molar-refractivity contribution in [3.8, 4) is 5.88 Å². The third kappa shape index (κ3) is 3.84. The minimum Gasteiger partial charge on any atom is -0.481 e. The number of guanidine groups is 1. The molecule has 1 aromatic heterocycles. The van der Waals surface area contributed by atoms with E-state index in [1.165, 1.54) is 0 Å². The van der Waals surface area contributed by atoms with Crippen LogP contribution in [-0.4, -0.2) is 24.6 Å². The van der Waals surface area contributed by atoms with E-state index in [0.29, 0.717) is 18.4 Å². The van der Waals surface area contributed by atoms with Gasteiger partial charge < -0.3 is 15.8 Å². The predicted octanol–water partition coefficient (Wildman–Crippen LogP) is 0.514. The van der Waals surface area contributed by atoms with E-state index in [4.69, 9.17) is 10.5 Å². The molecule has 0 aliphatic rings. The summed E-state index contributed by atoms with van der Waals surface area (Å²) in [6, 6.07) is 3.71. The molecule has 0 saturated heterocycles. The second-order valence-corrected chi connectivity index (χ2v) is 2.94. The topological polar surface area (TPSA) is 72.5 Å². The van der Waals surface area contributed by atoms with E-state index in [0.717, 1.165) is 12.1 Å². The van der Waals surface area contributed by atoms with Gasteiger partial charge in [0.05, 0.1) is 13.7 Å². The molecule has 5 heteroatoms. The van der Waals surface area contributed by atoms with Gasteiger partial charge in [-0.15, -0.1) is 0 Å². The minimum absolute atomic E-state index is 0.452. The number of hydrogen-bond acceptors (Lipinski definition) is 3. The molecule has 0 spiro atoms. The van der Waals surface area contributed by atoms with Crippen LogP contribution >= 0.6 is 0 Å². The number of aliphatic imine (C=N–C) groups is 1. The Morgan fingerprint density at radius 2 is 2.40 bits per heavy atom. The second-order valence-electron chi connectivity index (χ2n) is 2.94. The van der Waals surface area contributed by atoms with Gasteiger partial charge in [0.2, 0.25) is 5.88 Å². The molecule has 1 heterocycles. The molecule has 0 bridgehead atoms. The summed E-state index contributed by atoms with van der Waals surface area (Å²) in [6.07, 6.45) is 1.72. The highest BCUT2D eigenvalue weighted by atomic mass is 16.5. The van der Waals surface area contributed by atoms with E-state index >= 15 is 0 Å². The summed E-state index contributed by atoms with van der Waals surface area (Å²) < 4.78 is 4.95. The number of nitrogens with zero attached hydrogens (tertiary/aromatic N) is 2. The molecule has 1 rings (SSSR count). The highest BCUT2D eigenvalue weighted by Gasteiger charge is 1.94. The van der Waals surface area contributed by atoms with Gasteiger partial charge in [-0.05, 0) is 12.5 Å². The first-order chi connectivity index (χ1) is 7.26. The SMILES string of the molecule is CCNC(N)=NCc1ccc(OC)nc1. The average molecular weight is 208 g/mol. The fraction of sp³-hybridized carbons (Fsp3) is 0.400. The third-order valence-corrected chi connectivity index (χ3v) is 1.80. The summed E-state index contributed by atoms with van der Waals surface area (Å²) in [6.45, 7) is 3.27. The van der Waals surface area contributed by atoms with Crippen LogP contribution < -0.4 is 15.8 Å². The molecule has 0 aliphatic heterocycles. The Bertz CT molecular complexity index is 321. The summed E-state index contributed by atoms with van der Waals surface area (Å²) >= 11 is 0. The molecule has 0 fully saturated rings. The molecule has 0 amide bonds. The van der Waals surface area contributed by atoms with Gasteiger partial charge in [-0.2, -0.15) is 0 Å². The van der Waals surface area contributed by atoms with E-state index in [9.17, 15) is 0 Å². The Morgan fingerprint density at radius 1 is 1.60 bits per heavy atom. The zero-order valence-corrected chi connectivity index (χ0v) is 9.03. The third-order valence-electron chi connectivity index (χ3n) is 1.80. The molecule has 0 atom stereocenters. The average Bonchev–Trinajstić information content (AvgIpc) is 2.27. The van der Waals surface area contributed by atoms with Crippen LogP contribution in [0.15, 0.2) is 23.3 Å². The summed E-state index contributed by atoms with van der Waals surface area (Å²) in [5.74, 6) is 1.05. The molecule has 0 unspecified atom stereocenters. The van der Waals surface area contributed by atoms with Crippen molar-refractivity contribution in [1.82, 2.24) is 10.3 Å². The lowest BCUT2D eigenvalue weighted by atomic mass is 10.3. The smallest absolute Gasteiger partial charge is 0.212 e. The van der Waals surface area contributed by atoms with Crippen molar-refractivity contribution in [2.45, 2.75) is 13.5 Å². The largest absolute Gasteiger partial charge is 0.481 e. The number of ether oxygens (including phenoxy) is 1. The van der Waals surface area contributed by atoms with Crippen molar-refractivity contribution in [3.63, 3.8) is 0 Å². The summed E-state index contributed by atoms with van der Waals surface area (Å²) in [4.78, 5) is 8.21. The van der Waals surface area contributed by atoms with E-state index in [1.54, 1.807) is 19.4 Å². The van der Waals surface area contributed by atoms with Gasteiger partial charge in [0.15, 0.2) is 5.96 Å². The van der Waals surface area contributed by atoms with E-state index in [1.807, 2.05) is 13.0 Å². The lowest BCUT2D eigenvalue weighted by Gasteiger charge is -2.02. The maximum Gasteiger partial charge on any atom is 0.212 e. The molecule has 3 N–H and O–H groups in total. The Balaban J connectivity index is 2.54. The van der Waals surface area contributed by atoms with Gasteiger partial charge in [0, 0.05) is 18.8 Å². The Morgan fingerprint density at radius 3 is 2.93 bits per heavy atom. The van der Waals surface area contributed by atoms with Crippen molar-refractivity contribution in [1.29, 1.82) is 0 Å². The Labute approximate surface area is 89.4 Å². The van der Waals surface area contributed by atoms with Gasteiger partial charge in [0.1, 0.15) is 0 Å². The highest BCUT2D eigenvalue weighted by Crippen LogP contribution is 2.07. The van der Waals surface area contributed by atoms with Crippen LogP contribution in [0.3, 0.4) is 0 Å². The van der Waals surface area contributed by atoms with Crippen molar-refractivity contribution >= 4 is 5.96 Å². The zero-order chi connectivity index (χ0) is 11.1. The summed E-state index contributed by atoms with van der Waals surface area (Å²) in [7, 11) is 1.59. The van der Waals surface area contributed by atoms with E-state index < -0.39 is 0 Å². The van der Waals surface area contributed by atoms with Gasteiger partial charge in [-0.25, -0.2) is 9.98 Å². The van der Waals surface area contributed by atoms with Gasteiger partial charge in [-0.3, -0.25) is 0 Å². The minimum atomic E-state index is 0.452. The molecule has 0 radical (unpaired) electrons. The number of pyridine rings is 1. The number of rotatable bonds is 4. The zero-order valence-electron chi connectivity index (χ0n) is 9.03. The van der Waals surface area contributed by atoms with Crippen LogP contribution in [0, 0.1) is 0 Å². The number of nitrogens with two attached hydrogens (primary N) is 1. The second kappa shape index (κ2) is 5.85. The number of aromatic nitrogens is 1. The lowest BCUT2D eigenvalue weighted by molar-refractivity contribution is 0.397. The van der Waals surface area contributed by atoms with Gasteiger partial charge in [-0.1, -0.05) is 6.07 Å². The van der Waals surface area contributed by atoms with Crippen LogP contribution in [0.25, 0.3) is 0 Å². The number of hydrogen-bond donors (Lipinski definition) is 2. The molecule has 0 aromatic carbocycles. The molecule has 5 nitrogen and oxygen atoms in total. The highest BCUT2D eigenvalue weighted by molar-refractivity contribution is 5.77. The van der Waals surface area contributed by atoms with Crippen molar-refractivity contribution in [2.24, 2.45) is 10.7 Å². The van der Waals surface area contributed by atoms with Crippen molar-refractivity contribution in [3.05, 3.63) is 23.9 Å². The van der Waals surface area contributed by atoms with Crippen LogP contribution in [-0.2, 0) is 6.54 Å². The van der Waals surface area contributed by atoms with E-state index in [-0.39, 0.29) is 0 Å². The fourth-order valence-corrected chi connectivity index (χ4v) is 1.04. The Kier molecular flexibility index (Phi) is 4.40. The molecular weight excluding hydrogens is 192 g/mol. The number of methoxy groups -OCH3 is 1. The first-order valence-corrected chi connectivity index (χ1v) is 4.79. The predicted molar refractivity (Wildman–Crippen MR) is 59.8 cm³/mol. The molecule has 1 aromatic rings. The molecular formula is C10H16N4O. The Hall–Kier alpha value is -1.78. The van der Waals surface area contributed by atoms with E-state index in [2.05, 4.69) is 15.3 Å². The van der Waals surface area contributed by atoms with Crippen LogP contribution in [0.2, 0.25) is 0 Å². The van der Waals surface area contributed by atoms with Crippen molar-refractivity contribution < 1.29 is 4.74 Å². The van der Waals surface area contributed by atoms with Crippen LogP contribution in [0.5, 0.6) is 5.88 Å². The van der Waals surface area contributed by atoms with Crippen LogP contribution in [0.1, 0.15) is 12.5 Å². The normalized spacial score (nSPS) is 11.2. The summed E-state index contributed by atoms with van der Waals surface area (Å²) in [5, 5.41) is 2.92. The summed E-state index contributed by atoms with van der Waals surface area (Å²) in [5.41, 5.74) is 6.58. The molecule has 0 saturated carbocycles. The standard InChI is InChI=1S/C10H16N4O/c1-3-12-10(11)14-7-8-4-5-9(15-2)13-6-8/h4-6H,3,7H2,1-2H3,(H3,11,12,14). The number of nitrogens with one attached hydrogen (secondary N) is 1. The van der Waals surface area contributed by atoms with Gasteiger partial charge >= 0.3 is 0 Å². The van der Waals surface area contributed by atoms with Gasteiger partial charge in [0.25, 0.3) is 0 Å². The van der Waals surface area contributed by atoms with Crippen molar-refractivity contribution in [2.75, 3.05) is 13.7 Å². The molecule has 82 valence electrons. The first-order valence-electron chi connectivity index (χ1n) is 4.79.